The lowest BCUT2D eigenvalue weighted by atomic mass is 9.97. The van der Waals surface area contributed by atoms with E-state index in [1.807, 2.05) is 0 Å². The van der Waals surface area contributed by atoms with Crippen LogP contribution < -0.4 is 5.32 Å². The van der Waals surface area contributed by atoms with Gasteiger partial charge >= 0.3 is 0 Å². The van der Waals surface area contributed by atoms with Gasteiger partial charge in [-0.1, -0.05) is 37.3 Å². The van der Waals surface area contributed by atoms with E-state index < -0.39 is 0 Å². The number of piperazine rings is 1. The molecule has 21 heavy (non-hydrogen) atoms. The predicted molar refractivity (Wildman–Crippen MR) is 90.8 cm³/mol. The van der Waals surface area contributed by atoms with Gasteiger partial charge in [0, 0.05) is 31.7 Å². The zero-order valence-corrected chi connectivity index (χ0v) is 13.9. The maximum atomic E-state index is 3.69. The number of benzene rings is 1. The summed E-state index contributed by atoms with van der Waals surface area (Å²) in [5.74, 6) is 0. The number of nitrogens with one attached hydrogen (secondary N) is 1. The molecule has 1 aromatic rings. The highest BCUT2D eigenvalue weighted by Crippen LogP contribution is 2.15. The molecule has 0 saturated carbocycles. The fraction of sp³-hybridized carbons (Fsp3) is 0.667. The van der Waals surface area contributed by atoms with E-state index in [0.717, 1.165) is 6.54 Å². The molecule has 3 nitrogen and oxygen atoms in total. The van der Waals surface area contributed by atoms with E-state index in [2.05, 4.69) is 66.5 Å². The van der Waals surface area contributed by atoms with Gasteiger partial charge in [-0.15, -0.1) is 0 Å². The molecule has 1 aromatic carbocycles. The van der Waals surface area contributed by atoms with Gasteiger partial charge in [0.25, 0.3) is 0 Å². The zero-order valence-electron chi connectivity index (χ0n) is 13.9. The van der Waals surface area contributed by atoms with Crippen molar-refractivity contribution in [1.82, 2.24) is 15.1 Å². The Kier molecular flexibility index (Phi) is 6.68. The van der Waals surface area contributed by atoms with Gasteiger partial charge in [-0.2, -0.15) is 0 Å². The highest BCUT2D eigenvalue weighted by molar-refractivity contribution is 5.14. The van der Waals surface area contributed by atoms with Crippen LogP contribution in [0.5, 0.6) is 0 Å². The van der Waals surface area contributed by atoms with Crippen molar-refractivity contribution in [3.8, 4) is 0 Å². The molecule has 0 spiro atoms. The molecular formula is C18H31N3. The molecule has 2 rings (SSSR count). The molecule has 118 valence electrons. The molecule has 2 unspecified atom stereocenters. The SMILES string of the molecule is CCNC(CCc1ccccc1)CC1CN(C)CCN1C. The minimum atomic E-state index is 0.620. The number of likely N-dealkylation sites (N-methyl/N-ethyl adjacent to an activating group) is 2. The third-order valence-corrected chi connectivity index (χ3v) is 4.65. The summed E-state index contributed by atoms with van der Waals surface area (Å²) in [5, 5.41) is 3.69. The van der Waals surface area contributed by atoms with E-state index >= 15 is 0 Å². The molecular weight excluding hydrogens is 258 g/mol. The van der Waals surface area contributed by atoms with Crippen LogP contribution in [0.3, 0.4) is 0 Å². The van der Waals surface area contributed by atoms with Gasteiger partial charge in [0.05, 0.1) is 0 Å². The van der Waals surface area contributed by atoms with Crippen molar-refractivity contribution in [3.63, 3.8) is 0 Å². The van der Waals surface area contributed by atoms with Crippen LogP contribution in [0.1, 0.15) is 25.3 Å². The Balaban J connectivity index is 1.86. The summed E-state index contributed by atoms with van der Waals surface area (Å²) in [6.07, 6.45) is 3.65. The van der Waals surface area contributed by atoms with Crippen molar-refractivity contribution in [3.05, 3.63) is 35.9 Å². The first kappa shape index (κ1) is 16.5. The molecule has 0 bridgehead atoms. The second kappa shape index (κ2) is 8.52. The van der Waals surface area contributed by atoms with Gasteiger partial charge in [0.2, 0.25) is 0 Å². The lowest BCUT2D eigenvalue weighted by molar-refractivity contribution is 0.100. The Bertz CT molecular complexity index is 393. The van der Waals surface area contributed by atoms with Gasteiger partial charge in [-0.05, 0) is 45.5 Å². The monoisotopic (exact) mass is 289 g/mol. The Labute approximate surface area is 130 Å². The van der Waals surface area contributed by atoms with Gasteiger partial charge in [-0.3, -0.25) is 0 Å². The molecule has 1 aliphatic rings. The highest BCUT2D eigenvalue weighted by atomic mass is 15.3. The summed E-state index contributed by atoms with van der Waals surface area (Å²) < 4.78 is 0. The predicted octanol–water partition coefficient (Wildman–Crippen LogP) is 2.23. The fourth-order valence-corrected chi connectivity index (χ4v) is 3.26. The molecule has 1 N–H and O–H groups in total. The van der Waals surface area contributed by atoms with Crippen LogP contribution in [-0.4, -0.2) is 62.2 Å². The van der Waals surface area contributed by atoms with Crippen LogP contribution in [0.25, 0.3) is 0 Å². The average molecular weight is 289 g/mol. The summed E-state index contributed by atoms with van der Waals surface area (Å²) >= 11 is 0. The lowest BCUT2D eigenvalue weighted by Gasteiger charge is -2.39. The maximum absolute atomic E-state index is 3.69. The molecule has 1 heterocycles. The fourth-order valence-electron chi connectivity index (χ4n) is 3.26. The standard InChI is InChI=1S/C18H31N3/c1-4-19-17(11-10-16-8-6-5-7-9-16)14-18-15-20(2)12-13-21(18)3/h5-9,17-19H,4,10-15H2,1-3H3. The minimum Gasteiger partial charge on any atom is -0.314 e. The minimum absolute atomic E-state index is 0.620. The highest BCUT2D eigenvalue weighted by Gasteiger charge is 2.24. The van der Waals surface area contributed by atoms with Gasteiger partial charge in [0.15, 0.2) is 0 Å². The van der Waals surface area contributed by atoms with Crippen molar-refractivity contribution in [1.29, 1.82) is 0 Å². The van der Waals surface area contributed by atoms with Crippen molar-refractivity contribution < 1.29 is 0 Å². The molecule has 0 aromatic heterocycles. The smallest absolute Gasteiger partial charge is 0.0235 e. The van der Waals surface area contributed by atoms with E-state index in [1.165, 1.54) is 44.5 Å². The third kappa shape index (κ3) is 5.42. The van der Waals surface area contributed by atoms with Crippen molar-refractivity contribution in [2.24, 2.45) is 0 Å². The Morgan fingerprint density at radius 3 is 2.67 bits per heavy atom. The Hall–Kier alpha value is -0.900. The van der Waals surface area contributed by atoms with Crippen LogP contribution in [0, 0.1) is 0 Å². The van der Waals surface area contributed by atoms with Gasteiger partial charge in [-0.25, -0.2) is 0 Å². The Morgan fingerprint density at radius 1 is 1.19 bits per heavy atom. The van der Waals surface area contributed by atoms with Crippen LogP contribution in [-0.2, 0) is 6.42 Å². The lowest BCUT2D eigenvalue weighted by Crippen LogP contribution is -2.52. The van der Waals surface area contributed by atoms with E-state index in [0.29, 0.717) is 12.1 Å². The van der Waals surface area contributed by atoms with Crippen molar-refractivity contribution in [2.45, 2.75) is 38.3 Å². The second-order valence-corrected chi connectivity index (χ2v) is 6.41. The first-order valence-corrected chi connectivity index (χ1v) is 8.35. The molecule has 2 atom stereocenters. The third-order valence-electron chi connectivity index (χ3n) is 4.65. The van der Waals surface area contributed by atoms with Gasteiger partial charge in [0.1, 0.15) is 0 Å². The number of rotatable bonds is 7. The largest absolute Gasteiger partial charge is 0.314 e. The number of hydrogen-bond acceptors (Lipinski definition) is 3. The molecule has 1 saturated heterocycles. The summed E-state index contributed by atoms with van der Waals surface area (Å²) in [6.45, 7) is 6.86. The van der Waals surface area contributed by atoms with E-state index in [-0.39, 0.29) is 0 Å². The molecule has 1 fully saturated rings. The van der Waals surface area contributed by atoms with Gasteiger partial charge < -0.3 is 15.1 Å². The normalized spacial score (nSPS) is 22.3. The van der Waals surface area contributed by atoms with Crippen LogP contribution in [0.15, 0.2) is 30.3 Å². The zero-order chi connectivity index (χ0) is 15.1. The number of hydrogen-bond donors (Lipinski definition) is 1. The van der Waals surface area contributed by atoms with E-state index in [9.17, 15) is 0 Å². The summed E-state index contributed by atoms with van der Waals surface area (Å²) in [5.41, 5.74) is 1.45. The second-order valence-electron chi connectivity index (χ2n) is 6.41. The topological polar surface area (TPSA) is 18.5 Å². The first-order valence-electron chi connectivity index (χ1n) is 8.35. The van der Waals surface area contributed by atoms with E-state index in [4.69, 9.17) is 0 Å². The quantitative estimate of drug-likeness (QED) is 0.830. The molecule has 0 radical (unpaired) electrons. The van der Waals surface area contributed by atoms with Crippen LogP contribution in [0.2, 0.25) is 0 Å². The molecule has 1 aliphatic heterocycles. The van der Waals surface area contributed by atoms with Crippen molar-refractivity contribution >= 4 is 0 Å². The summed E-state index contributed by atoms with van der Waals surface area (Å²) in [6, 6.07) is 12.2. The molecule has 0 amide bonds. The number of aryl methyl sites for hydroxylation is 1. The summed E-state index contributed by atoms with van der Waals surface area (Å²) in [4.78, 5) is 5.00. The maximum Gasteiger partial charge on any atom is 0.0235 e. The van der Waals surface area contributed by atoms with E-state index in [1.54, 1.807) is 0 Å². The van der Waals surface area contributed by atoms with Crippen LogP contribution >= 0.6 is 0 Å². The Morgan fingerprint density at radius 2 is 1.95 bits per heavy atom. The summed E-state index contributed by atoms with van der Waals surface area (Å²) in [7, 11) is 4.52. The average Bonchev–Trinajstić information content (AvgIpc) is 2.50. The van der Waals surface area contributed by atoms with Crippen molar-refractivity contribution in [2.75, 3.05) is 40.3 Å². The van der Waals surface area contributed by atoms with Crippen LogP contribution in [0.4, 0.5) is 0 Å². The molecule has 0 aliphatic carbocycles. The number of nitrogens with zero attached hydrogens (tertiary/aromatic N) is 2. The first-order chi connectivity index (χ1) is 10.2. The molecule has 3 heteroatoms.